The Morgan fingerprint density at radius 1 is 1.28 bits per heavy atom. The Labute approximate surface area is 108 Å². The summed E-state index contributed by atoms with van der Waals surface area (Å²) in [4.78, 5) is 16.5. The summed E-state index contributed by atoms with van der Waals surface area (Å²) in [6.45, 7) is 3.68. The molecule has 0 saturated carbocycles. The van der Waals surface area contributed by atoms with Gasteiger partial charge in [0.2, 0.25) is 5.91 Å². The van der Waals surface area contributed by atoms with Crippen LogP contribution < -0.4 is 15.1 Å². The van der Waals surface area contributed by atoms with E-state index in [0.29, 0.717) is 12.3 Å². The van der Waals surface area contributed by atoms with E-state index in [1.165, 1.54) is 0 Å². The van der Waals surface area contributed by atoms with E-state index in [1.54, 1.807) is 0 Å². The van der Waals surface area contributed by atoms with Gasteiger partial charge in [-0.3, -0.25) is 4.79 Å². The quantitative estimate of drug-likeness (QED) is 0.847. The lowest BCUT2D eigenvalue weighted by Gasteiger charge is -2.37. The number of carbonyl (C=O) groups excluding carboxylic acids is 1. The Morgan fingerprint density at radius 2 is 2.00 bits per heavy atom. The van der Waals surface area contributed by atoms with E-state index >= 15 is 0 Å². The lowest BCUT2D eigenvalue weighted by atomic mass is 9.98. The first-order valence-electron chi connectivity index (χ1n) is 6.57. The van der Waals surface area contributed by atoms with Crippen LogP contribution in [-0.2, 0) is 4.79 Å². The minimum Gasteiger partial charge on any atom is -0.371 e. The summed E-state index contributed by atoms with van der Waals surface area (Å²) in [5.74, 6) is 0.798. The molecule has 0 aliphatic carbocycles. The summed E-state index contributed by atoms with van der Waals surface area (Å²) in [6, 6.07) is 8.16. The average Bonchev–Trinajstić information content (AvgIpc) is 2.34. The fourth-order valence-corrected chi connectivity index (χ4v) is 2.62. The zero-order valence-corrected chi connectivity index (χ0v) is 10.7. The molecule has 18 heavy (non-hydrogen) atoms. The fourth-order valence-electron chi connectivity index (χ4n) is 2.62. The van der Waals surface area contributed by atoms with Gasteiger partial charge in [-0.15, -0.1) is 0 Å². The molecule has 2 aliphatic heterocycles. The molecule has 96 valence electrons. The number of hydrogen-bond donors (Lipinski definition) is 1. The molecule has 4 nitrogen and oxygen atoms in total. The van der Waals surface area contributed by atoms with Gasteiger partial charge in [0, 0.05) is 26.6 Å². The molecule has 0 atom stereocenters. The van der Waals surface area contributed by atoms with Crippen LogP contribution in [0.2, 0.25) is 0 Å². The molecule has 0 bridgehead atoms. The molecule has 3 rings (SSSR count). The third-order valence-electron chi connectivity index (χ3n) is 3.87. The Morgan fingerprint density at radius 3 is 2.67 bits per heavy atom. The molecular weight excluding hydrogens is 226 g/mol. The standard InChI is InChI=1S/C14H19N3O/c1-16-6-7-17(13-5-3-2-4-12(13)16)14(18)8-11-9-15-10-11/h2-5,11,15H,6-10H2,1H3. The van der Waals surface area contributed by atoms with Crippen LogP contribution in [0.5, 0.6) is 0 Å². The first-order chi connectivity index (χ1) is 8.75. The van der Waals surface area contributed by atoms with Crippen molar-refractivity contribution in [3.05, 3.63) is 24.3 Å². The van der Waals surface area contributed by atoms with Crippen LogP contribution in [0.1, 0.15) is 6.42 Å². The molecule has 4 heteroatoms. The van der Waals surface area contributed by atoms with Gasteiger partial charge in [-0.2, -0.15) is 0 Å². The van der Waals surface area contributed by atoms with Gasteiger partial charge >= 0.3 is 0 Å². The predicted octanol–water partition coefficient (Wildman–Crippen LogP) is 1.08. The monoisotopic (exact) mass is 245 g/mol. The number of nitrogens with zero attached hydrogens (tertiary/aromatic N) is 2. The normalized spacial score (nSPS) is 19.4. The van der Waals surface area contributed by atoms with Crippen molar-refractivity contribution < 1.29 is 4.79 Å². The number of carbonyl (C=O) groups is 1. The zero-order valence-electron chi connectivity index (χ0n) is 10.7. The van der Waals surface area contributed by atoms with Crippen LogP contribution in [-0.4, -0.2) is 39.1 Å². The summed E-state index contributed by atoms with van der Waals surface area (Å²) in [7, 11) is 2.08. The SMILES string of the molecule is CN1CCN(C(=O)CC2CNC2)c2ccccc21. The van der Waals surface area contributed by atoms with Crippen LogP contribution in [0.25, 0.3) is 0 Å². The van der Waals surface area contributed by atoms with E-state index in [4.69, 9.17) is 0 Å². The molecule has 2 aliphatic rings. The largest absolute Gasteiger partial charge is 0.371 e. The van der Waals surface area contributed by atoms with E-state index in [0.717, 1.165) is 37.6 Å². The van der Waals surface area contributed by atoms with Gasteiger partial charge in [-0.1, -0.05) is 12.1 Å². The maximum atomic E-state index is 12.4. The van der Waals surface area contributed by atoms with Crippen molar-refractivity contribution in [1.82, 2.24) is 5.32 Å². The van der Waals surface area contributed by atoms with Crippen LogP contribution in [0, 0.1) is 5.92 Å². The third-order valence-corrected chi connectivity index (χ3v) is 3.87. The second kappa shape index (κ2) is 4.61. The van der Waals surface area contributed by atoms with Gasteiger partial charge in [0.25, 0.3) is 0 Å². The molecule has 1 saturated heterocycles. The molecule has 1 amide bonds. The fraction of sp³-hybridized carbons (Fsp3) is 0.500. The molecule has 0 spiro atoms. The summed E-state index contributed by atoms with van der Waals surface area (Å²) in [5, 5.41) is 3.22. The van der Waals surface area contributed by atoms with E-state index < -0.39 is 0 Å². The van der Waals surface area contributed by atoms with E-state index in [2.05, 4.69) is 23.3 Å². The van der Waals surface area contributed by atoms with E-state index in [-0.39, 0.29) is 5.91 Å². The Balaban J connectivity index is 1.80. The predicted molar refractivity (Wildman–Crippen MR) is 73.0 cm³/mol. The minimum absolute atomic E-state index is 0.266. The highest BCUT2D eigenvalue weighted by Crippen LogP contribution is 2.32. The number of fused-ring (bicyclic) bond motifs is 1. The van der Waals surface area contributed by atoms with E-state index in [9.17, 15) is 4.79 Å². The summed E-state index contributed by atoms with van der Waals surface area (Å²) in [6.07, 6.45) is 0.672. The number of hydrogen-bond acceptors (Lipinski definition) is 3. The van der Waals surface area contributed by atoms with Gasteiger partial charge in [-0.05, 0) is 31.1 Å². The summed E-state index contributed by atoms with van der Waals surface area (Å²) in [5.41, 5.74) is 2.22. The Hall–Kier alpha value is -1.55. The molecule has 1 fully saturated rings. The first-order valence-corrected chi connectivity index (χ1v) is 6.57. The van der Waals surface area contributed by atoms with Crippen molar-refractivity contribution in [3.8, 4) is 0 Å². The number of rotatable bonds is 2. The number of para-hydroxylation sites is 2. The highest BCUT2D eigenvalue weighted by Gasteiger charge is 2.28. The third kappa shape index (κ3) is 1.97. The summed E-state index contributed by atoms with van der Waals surface area (Å²) >= 11 is 0. The molecule has 0 unspecified atom stereocenters. The second-order valence-corrected chi connectivity index (χ2v) is 5.18. The lowest BCUT2D eigenvalue weighted by molar-refractivity contribution is -0.119. The number of anilines is 2. The lowest BCUT2D eigenvalue weighted by Crippen LogP contribution is -2.48. The molecule has 2 heterocycles. The van der Waals surface area contributed by atoms with Gasteiger partial charge in [-0.25, -0.2) is 0 Å². The maximum Gasteiger partial charge on any atom is 0.227 e. The van der Waals surface area contributed by atoms with Crippen LogP contribution in [0.15, 0.2) is 24.3 Å². The van der Waals surface area contributed by atoms with Crippen molar-refractivity contribution in [2.24, 2.45) is 5.92 Å². The molecular formula is C14H19N3O. The molecule has 0 radical (unpaired) electrons. The molecule has 0 aromatic heterocycles. The van der Waals surface area contributed by atoms with Crippen molar-refractivity contribution in [1.29, 1.82) is 0 Å². The van der Waals surface area contributed by atoms with Crippen LogP contribution >= 0.6 is 0 Å². The first kappa shape index (κ1) is 11.5. The van der Waals surface area contributed by atoms with Crippen molar-refractivity contribution in [2.45, 2.75) is 6.42 Å². The highest BCUT2D eigenvalue weighted by molar-refractivity contribution is 5.98. The Bertz CT molecular complexity index is 456. The van der Waals surface area contributed by atoms with Crippen molar-refractivity contribution in [2.75, 3.05) is 43.0 Å². The second-order valence-electron chi connectivity index (χ2n) is 5.18. The molecule has 1 aromatic carbocycles. The summed E-state index contributed by atoms with van der Waals surface area (Å²) < 4.78 is 0. The number of benzene rings is 1. The van der Waals surface area contributed by atoms with Gasteiger partial charge in [0.05, 0.1) is 11.4 Å². The van der Waals surface area contributed by atoms with Crippen molar-refractivity contribution in [3.63, 3.8) is 0 Å². The van der Waals surface area contributed by atoms with Crippen molar-refractivity contribution >= 4 is 17.3 Å². The Kier molecular flexibility index (Phi) is 2.96. The van der Waals surface area contributed by atoms with Crippen LogP contribution in [0.4, 0.5) is 11.4 Å². The molecule has 1 N–H and O–H groups in total. The topological polar surface area (TPSA) is 35.6 Å². The van der Waals surface area contributed by atoms with E-state index in [1.807, 2.05) is 23.1 Å². The molecule has 1 aromatic rings. The minimum atomic E-state index is 0.266. The number of nitrogens with one attached hydrogen (secondary N) is 1. The van der Waals surface area contributed by atoms with Gasteiger partial charge < -0.3 is 15.1 Å². The van der Waals surface area contributed by atoms with Gasteiger partial charge in [0.15, 0.2) is 0 Å². The zero-order chi connectivity index (χ0) is 12.5. The number of amides is 1. The van der Waals surface area contributed by atoms with Gasteiger partial charge in [0.1, 0.15) is 0 Å². The average molecular weight is 245 g/mol. The number of likely N-dealkylation sites (N-methyl/N-ethyl adjacent to an activating group) is 1. The smallest absolute Gasteiger partial charge is 0.227 e. The van der Waals surface area contributed by atoms with Crippen LogP contribution in [0.3, 0.4) is 0 Å². The highest BCUT2D eigenvalue weighted by atomic mass is 16.2. The maximum absolute atomic E-state index is 12.4.